The van der Waals surface area contributed by atoms with E-state index >= 15 is 0 Å². The molecule has 0 spiro atoms. The standard InChI is InChI=1S/C12H18BrFN2/c1-9(16(3)7-6-15-2)10-4-5-12(14)11(13)8-10/h4-5,8-9,15H,6-7H2,1-3H3. The van der Waals surface area contributed by atoms with Gasteiger partial charge >= 0.3 is 0 Å². The lowest BCUT2D eigenvalue weighted by molar-refractivity contribution is 0.263. The smallest absolute Gasteiger partial charge is 0.137 e. The summed E-state index contributed by atoms with van der Waals surface area (Å²) >= 11 is 3.21. The molecule has 1 atom stereocenters. The molecule has 1 rings (SSSR count). The molecule has 0 aromatic heterocycles. The lowest BCUT2D eigenvalue weighted by Gasteiger charge is -2.25. The van der Waals surface area contributed by atoms with Crippen molar-refractivity contribution in [2.24, 2.45) is 0 Å². The zero-order valence-corrected chi connectivity index (χ0v) is 11.5. The highest BCUT2D eigenvalue weighted by Crippen LogP contribution is 2.23. The molecule has 1 N–H and O–H groups in total. The maximum absolute atomic E-state index is 13.1. The molecule has 16 heavy (non-hydrogen) atoms. The van der Waals surface area contributed by atoms with E-state index in [1.807, 2.05) is 19.2 Å². The Hall–Kier alpha value is -0.450. The van der Waals surface area contributed by atoms with E-state index in [-0.39, 0.29) is 11.9 Å². The van der Waals surface area contributed by atoms with Crippen molar-refractivity contribution in [3.8, 4) is 0 Å². The summed E-state index contributed by atoms with van der Waals surface area (Å²) in [7, 11) is 4.01. The molecule has 0 bridgehead atoms. The molecule has 90 valence electrons. The minimum atomic E-state index is -0.214. The molecular formula is C12H18BrFN2. The third kappa shape index (κ3) is 3.54. The molecule has 0 radical (unpaired) electrons. The molecular weight excluding hydrogens is 271 g/mol. The second-order valence-corrected chi connectivity index (χ2v) is 4.79. The summed E-state index contributed by atoms with van der Waals surface area (Å²) in [5.41, 5.74) is 1.12. The molecule has 1 aromatic carbocycles. The quantitative estimate of drug-likeness (QED) is 0.896. The first-order valence-corrected chi connectivity index (χ1v) is 6.15. The predicted octanol–water partition coefficient (Wildman–Crippen LogP) is 2.80. The Kier molecular flexibility index (Phi) is 5.38. The van der Waals surface area contributed by atoms with Crippen molar-refractivity contribution in [3.63, 3.8) is 0 Å². The summed E-state index contributed by atoms with van der Waals surface area (Å²) in [6.45, 7) is 4.03. The molecule has 1 aromatic rings. The Morgan fingerprint density at radius 1 is 1.50 bits per heavy atom. The molecule has 0 saturated carbocycles. The third-order valence-corrected chi connectivity index (χ3v) is 3.41. The fourth-order valence-corrected chi connectivity index (χ4v) is 1.91. The average molecular weight is 289 g/mol. The van der Waals surface area contributed by atoms with Crippen molar-refractivity contribution in [2.45, 2.75) is 13.0 Å². The lowest BCUT2D eigenvalue weighted by Crippen LogP contribution is -2.29. The first-order chi connectivity index (χ1) is 7.56. The van der Waals surface area contributed by atoms with Gasteiger partial charge in [-0.3, -0.25) is 4.90 Å². The summed E-state index contributed by atoms with van der Waals surface area (Å²) in [4.78, 5) is 2.23. The van der Waals surface area contributed by atoms with Gasteiger partial charge in [-0.1, -0.05) is 6.07 Å². The summed E-state index contributed by atoms with van der Waals surface area (Å²) in [6, 6.07) is 5.46. The van der Waals surface area contributed by atoms with Crippen LogP contribution in [0.15, 0.2) is 22.7 Å². The van der Waals surface area contributed by atoms with Gasteiger partial charge in [-0.25, -0.2) is 4.39 Å². The van der Waals surface area contributed by atoms with Crippen LogP contribution in [-0.4, -0.2) is 32.1 Å². The number of hydrogen-bond donors (Lipinski definition) is 1. The third-order valence-electron chi connectivity index (χ3n) is 2.80. The van der Waals surface area contributed by atoms with Crippen LogP contribution in [0.1, 0.15) is 18.5 Å². The minimum Gasteiger partial charge on any atom is -0.318 e. The van der Waals surface area contributed by atoms with Gasteiger partial charge in [0.2, 0.25) is 0 Å². The second-order valence-electron chi connectivity index (χ2n) is 3.93. The largest absolute Gasteiger partial charge is 0.318 e. The Labute approximate surface area is 105 Å². The lowest BCUT2D eigenvalue weighted by atomic mass is 10.1. The number of nitrogens with zero attached hydrogens (tertiary/aromatic N) is 1. The molecule has 0 aliphatic heterocycles. The Morgan fingerprint density at radius 2 is 2.19 bits per heavy atom. The van der Waals surface area contributed by atoms with E-state index in [9.17, 15) is 4.39 Å². The van der Waals surface area contributed by atoms with E-state index < -0.39 is 0 Å². The zero-order valence-electron chi connectivity index (χ0n) is 9.93. The Morgan fingerprint density at radius 3 is 2.75 bits per heavy atom. The first kappa shape index (κ1) is 13.6. The summed E-state index contributed by atoms with van der Waals surface area (Å²) in [5.74, 6) is -0.214. The van der Waals surface area contributed by atoms with Gasteiger partial charge < -0.3 is 5.32 Å². The van der Waals surface area contributed by atoms with Crippen LogP contribution >= 0.6 is 15.9 Å². The molecule has 0 amide bonds. The van der Waals surface area contributed by atoms with Crippen molar-refractivity contribution in [1.29, 1.82) is 0 Å². The first-order valence-electron chi connectivity index (χ1n) is 5.36. The van der Waals surface area contributed by atoms with Crippen LogP contribution in [0.4, 0.5) is 4.39 Å². The van der Waals surface area contributed by atoms with Crippen molar-refractivity contribution in [2.75, 3.05) is 27.2 Å². The fraction of sp³-hybridized carbons (Fsp3) is 0.500. The number of rotatable bonds is 5. The second kappa shape index (κ2) is 6.33. The highest BCUT2D eigenvalue weighted by Gasteiger charge is 2.12. The van der Waals surface area contributed by atoms with Crippen LogP contribution < -0.4 is 5.32 Å². The topological polar surface area (TPSA) is 15.3 Å². The normalized spacial score (nSPS) is 13.1. The molecule has 4 heteroatoms. The molecule has 0 aliphatic carbocycles. The van der Waals surface area contributed by atoms with E-state index in [4.69, 9.17) is 0 Å². The van der Waals surface area contributed by atoms with Gasteiger partial charge in [-0.15, -0.1) is 0 Å². The maximum atomic E-state index is 13.1. The van der Waals surface area contributed by atoms with Crippen LogP contribution in [0, 0.1) is 5.82 Å². The van der Waals surface area contributed by atoms with Crippen LogP contribution in [0.2, 0.25) is 0 Å². The molecule has 1 unspecified atom stereocenters. The average Bonchev–Trinajstić information content (AvgIpc) is 2.28. The van der Waals surface area contributed by atoms with Crippen molar-refractivity contribution < 1.29 is 4.39 Å². The number of hydrogen-bond acceptors (Lipinski definition) is 2. The van der Waals surface area contributed by atoms with Crippen molar-refractivity contribution >= 4 is 15.9 Å². The number of nitrogens with one attached hydrogen (secondary N) is 1. The Bertz CT molecular complexity index is 344. The molecule has 2 nitrogen and oxygen atoms in total. The number of benzene rings is 1. The van der Waals surface area contributed by atoms with Crippen LogP contribution in [0.3, 0.4) is 0 Å². The summed E-state index contributed by atoms with van der Waals surface area (Å²) in [5, 5.41) is 3.11. The van der Waals surface area contributed by atoms with Crippen LogP contribution in [-0.2, 0) is 0 Å². The SMILES string of the molecule is CNCCN(C)C(C)c1ccc(F)c(Br)c1. The molecule has 0 saturated heterocycles. The molecule has 0 heterocycles. The molecule has 0 aliphatic rings. The van der Waals surface area contributed by atoms with Gasteiger partial charge in [0.15, 0.2) is 0 Å². The van der Waals surface area contributed by atoms with Gasteiger partial charge in [-0.05, 0) is 54.6 Å². The van der Waals surface area contributed by atoms with Crippen LogP contribution in [0.5, 0.6) is 0 Å². The van der Waals surface area contributed by atoms with Gasteiger partial charge in [0, 0.05) is 19.1 Å². The Balaban J connectivity index is 2.71. The predicted molar refractivity (Wildman–Crippen MR) is 69.1 cm³/mol. The van der Waals surface area contributed by atoms with Gasteiger partial charge in [0.25, 0.3) is 0 Å². The van der Waals surface area contributed by atoms with E-state index in [1.165, 1.54) is 6.07 Å². The van der Waals surface area contributed by atoms with Crippen molar-refractivity contribution in [1.82, 2.24) is 10.2 Å². The number of likely N-dealkylation sites (N-methyl/N-ethyl adjacent to an activating group) is 2. The highest BCUT2D eigenvalue weighted by atomic mass is 79.9. The van der Waals surface area contributed by atoms with Gasteiger partial charge in [0.1, 0.15) is 5.82 Å². The zero-order chi connectivity index (χ0) is 12.1. The highest BCUT2D eigenvalue weighted by molar-refractivity contribution is 9.10. The number of halogens is 2. The van der Waals surface area contributed by atoms with E-state index in [0.717, 1.165) is 18.7 Å². The molecule has 0 fully saturated rings. The van der Waals surface area contributed by atoms with Gasteiger partial charge in [-0.2, -0.15) is 0 Å². The van der Waals surface area contributed by atoms with E-state index in [2.05, 4.69) is 40.1 Å². The van der Waals surface area contributed by atoms with E-state index in [0.29, 0.717) is 4.47 Å². The monoisotopic (exact) mass is 288 g/mol. The van der Waals surface area contributed by atoms with Gasteiger partial charge in [0.05, 0.1) is 4.47 Å². The fourth-order valence-electron chi connectivity index (χ4n) is 1.51. The summed E-state index contributed by atoms with van der Waals surface area (Å²) in [6.07, 6.45) is 0. The van der Waals surface area contributed by atoms with Crippen LogP contribution in [0.25, 0.3) is 0 Å². The van der Waals surface area contributed by atoms with E-state index in [1.54, 1.807) is 0 Å². The summed E-state index contributed by atoms with van der Waals surface area (Å²) < 4.78 is 13.6. The minimum absolute atomic E-state index is 0.214. The maximum Gasteiger partial charge on any atom is 0.137 e. The van der Waals surface area contributed by atoms with Crippen molar-refractivity contribution in [3.05, 3.63) is 34.1 Å².